The Morgan fingerprint density at radius 2 is 2.08 bits per heavy atom. The van der Waals surface area contributed by atoms with Gasteiger partial charge >= 0.3 is 0 Å². The molecule has 1 saturated carbocycles. The molecule has 0 bridgehead atoms. The highest BCUT2D eigenvalue weighted by Gasteiger charge is 2.24. The molecule has 0 spiro atoms. The SMILES string of the molecule is [B]C1CCC(COC2CCC2)O1. The van der Waals surface area contributed by atoms with Crippen LogP contribution in [0.25, 0.3) is 0 Å². The number of rotatable bonds is 3. The van der Waals surface area contributed by atoms with Crippen molar-refractivity contribution in [3.63, 3.8) is 0 Å². The van der Waals surface area contributed by atoms with Crippen LogP contribution in [0.15, 0.2) is 0 Å². The molecule has 2 nitrogen and oxygen atoms in total. The highest BCUT2D eigenvalue weighted by molar-refractivity contribution is 6.11. The van der Waals surface area contributed by atoms with Crippen LogP contribution in [-0.2, 0) is 9.47 Å². The van der Waals surface area contributed by atoms with Crippen LogP contribution in [0.1, 0.15) is 32.1 Å². The predicted molar refractivity (Wildman–Crippen MR) is 47.2 cm³/mol. The van der Waals surface area contributed by atoms with E-state index in [0.29, 0.717) is 6.10 Å². The number of hydrogen-bond donors (Lipinski definition) is 0. The Balaban J connectivity index is 1.60. The normalized spacial score (nSPS) is 36.7. The van der Waals surface area contributed by atoms with Crippen molar-refractivity contribution in [2.24, 2.45) is 0 Å². The second-order valence-electron chi connectivity index (χ2n) is 3.76. The van der Waals surface area contributed by atoms with Crippen molar-refractivity contribution in [1.82, 2.24) is 0 Å². The molecule has 2 aliphatic rings. The minimum absolute atomic E-state index is 0.0417. The van der Waals surface area contributed by atoms with E-state index in [1.165, 1.54) is 19.3 Å². The first-order valence-corrected chi connectivity index (χ1v) is 4.87. The van der Waals surface area contributed by atoms with Gasteiger partial charge in [0.25, 0.3) is 0 Å². The van der Waals surface area contributed by atoms with Crippen molar-refractivity contribution in [1.29, 1.82) is 0 Å². The summed E-state index contributed by atoms with van der Waals surface area (Å²) in [7, 11) is 5.60. The summed E-state index contributed by atoms with van der Waals surface area (Å²) in [4.78, 5) is 0. The lowest BCUT2D eigenvalue weighted by Gasteiger charge is -2.26. The molecule has 66 valence electrons. The molecular weight excluding hydrogens is 151 g/mol. The topological polar surface area (TPSA) is 18.5 Å². The van der Waals surface area contributed by atoms with Gasteiger partial charge in [-0.1, -0.05) is 0 Å². The van der Waals surface area contributed by atoms with Gasteiger partial charge in [-0.2, -0.15) is 0 Å². The maximum Gasteiger partial charge on any atom is 0.109 e. The fourth-order valence-corrected chi connectivity index (χ4v) is 1.64. The predicted octanol–water partition coefficient (Wildman–Crippen LogP) is 1.23. The zero-order chi connectivity index (χ0) is 8.39. The fraction of sp³-hybridized carbons (Fsp3) is 1.00. The summed E-state index contributed by atoms with van der Waals surface area (Å²) < 4.78 is 11.1. The minimum Gasteiger partial charge on any atom is -0.382 e. The van der Waals surface area contributed by atoms with E-state index in [4.69, 9.17) is 17.3 Å². The third-order valence-corrected chi connectivity index (χ3v) is 2.71. The Hall–Kier alpha value is -0.0151. The molecule has 2 unspecified atom stereocenters. The van der Waals surface area contributed by atoms with Crippen molar-refractivity contribution in [3.05, 3.63) is 0 Å². The summed E-state index contributed by atoms with van der Waals surface area (Å²) in [5.74, 6) is 0. The molecule has 0 aromatic heterocycles. The van der Waals surface area contributed by atoms with Crippen LogP contribution in [-0.4, -0.2) is 32.7 Å². The molecule has 1 aliphatic carbocycles. The Morgan fingerprint density at radius 1 is 1.25 bits per heavy atom. The maximum absolute atomic E-state index is 5.63. The molecule has 2 atom stereocenters. The van der Waals surface area contributed by atoms with E-state index in [9.17, 15) is 0 Å². The van der Waals surface area contributed by atoms with Crippen LogP contribution >= 0.6 is 0 Å². The summed E-state index contributed by atoms with van der Waals surface area (Å²) in [5, 5.41) is 0. The molecular formula is C9H15BO2. The van der Waals surface area contributed by atoms with Gasteiger partial charge in [0.05, 0.1) is 18.8 Å². The molecule has 2 fully saturated rings. The summed E-state index contributed by atoms with van der Waals surface area (Å²) >= 11 is 0. The third kappa shape index (κ3) is 2.02. The Bertz CT molecular complexity index is 147. The molecule has 0 amide bonds. The quantitative estimate of drug-likeness (QED) is 0.587. The van der Waals surface area contributed by atoms with Crippen molar-refractivity contribution >= 4 is 7.85 Å². The van der Waals surface area contributed by atoms with Gasteiger partial charge in [-0.25, -0.2) is 0 Å². The fourth-order valence-electron chi connectivity index (χ4n) is 1.64. The van der Waals surface area contributed by atoms with Gasteiger partial charge in [0.2, 0.25) is 0 Å². The second kappa shape index (κ2) is 3.80. The molecule has 2 rings (SSSR count). The van der Waals surface area contributed by atoms with E-state index in [2.05, 4.69) is 0 Å². The van der Waals surface area contributed by atoms with Crippen LogP contribution in [0.2, 0.25) is 0 Å². The lowest BCUT2D eigenvalue weighted by molar-refractivity contribution is -0.0530. The van der Waals surface area contributed by atoms with E-state index in [0.717, 1.165) is 19.4 Å². The van der Waals surface area contributed by atoms with Gasteiger partial charge in [-0.05, 0) is 32.1 Å². The first kappa shape index (κ1) is 8.58. The monoisotopic (exact) mass is 166 g/mol. The molecule has 3 heteroatoms. The molecule has 0 aromatic carbocycles. The van der Waals surface area contributed by atoms with Crippen molar-refractivity contribution in [2.45, 2.75) is 50.3 Å². The van der Waals surface area contributed by atoms with Gasteiger partial charge in [-0.15, -0.1) is 0 Å². The third-order valence-electron chi connectivity index (χ3n) is 2.71. The molecule has 12 heavy (non-hydrogen) atoms. The molecule has 2 radical (unpaired) electrons. The summed E-state index contributed by atoms with van der Waals surface area (Å²) in [6.07, 6.45) is 6.63. The highest BCUT2D eigenvalue weighted by atomic mass is 16.5. The second-order valence-corrected chi connectivity index (χ2v) is 3.76. The van der Waals surface area contributed by atoms with E-state index in [1.807, 2.05) is 0 Å². The highest BCUT2D eigenvalue weighted by Crippen LogP contribution is 2.24. The first-order valence-electron chi connectivity index (χ1n) is 4.87. The summed E-state index contributed by atoms with van der Waals surface area (Å²) in [6, 6.07) is -0.0417. The first-order chi connectivity index (χ1) is 5.84. The average molecular weight is 166 g/mol. The Kier molecular flexibility index (Phi) is 2.71. The van der Waals surface area contributed by atoms with Crippen LogP contribution in [0.5, 0.6) is 0 Å². The van der Waals surface area contributed by atoms with Crippen LogP contribution in [0.4, 0.5) is 0 Å². The van der Waals surface area contributed by atoms with Crippen LogP contribution in [0, 0.1) is 0 Å². The van der Waals surface area contributed by atoms with Gasteiger partial charge in [0, 0.05) is 6.00 Å². The van der Waals surface area contributed by atoms with E-state index in [1.54, 1.807) is 0 Å². The molecule has 1 aliphatic heterocycles. The van der Waals surface area contributed by atoms with Crippen molar-refractivity contribution < 1.29 is 9.47 Å². The van der Waals surface area contributed by atoms with Gasteiger partial charge < -0.3 is 9.47 Å². The van der Waals surface area contributed by atoms with E-state index < -0.39 is 0 Å². The van der Waals surface area contributed by atoms with Crippen LogP contribution < -0.4 is 0 Å². The van der Waals surface area contributed by atoms with Gasteiger partial charge in [-0.3, -0.25) is 0 Å². The van der Waals surface area contributed by atoms with Gasteiger partial charge in [0.1, 0.15) is 7.85 Å². The molecule has 0 N–H and O–H groups in total. The Labute approximate surface area is 75.0 Å². The Morgan fingerprint density at radius 3 is 2.58 bits per heavy atom. The lowest BCUT2D eigenvalue weighted by Crippen LogP contribution is -2.27. The maximum atomic E-state index is 5.63. The van der Waals surface area contributed by atoms with E-state index in [-0.39, 0.29) is 12.1 Å². The standard InChI is InChI=1S/C9H15BO2/c10-9-5-4-8(12-9)6-11-7-2-1-3-7/h7-9H,1-6H2. The molecule has 1 saturated heterocycles. The van der Waals surface area contributed by atoms with Crippen molar-refractivity contribution in [2.75, 3.05) is 6.61 Å². The van der Waals surface area contributed by atoms with Gasteiger partial charge in [0.15, 0.2) is 0 Å². The molecule has 0 aromatic rings. The largest absolute Gasteiger partial charge is 0.382 e. The summed E-state index contributed by atoms with van der Waals surface area (Å²) in [6.45, 7) is 0.748. The lowest BCUT2D eigenvalue weighted by atomic mass is 9.96. The minimum atomic E-state index is -0.0417. The number of hydrogen-bond acceptors (Lipinski definition) is 2. The number of ether oxygens (including phenoxy) is 2. The zero-order valence-electron chi connectivity index (χ0n) is 7.37. The van der Waals surface area contributed by atoms with E-state index >= 15 is 0 Å². The average Bonchev–Trinajstić information content (AvgIpc) is 2.32. The zero-order valence-corrected chi connectivity index (χ0v) is 7.37. The molecule has 1 heterocycles. The van der Waals surface area contributed by atoms with Crippen molar-refractivity contribution in [3.8, 4) is 0 Å². The summed E-state index contributed by atoms with van der Waals surface area (Å²) in [5.41, 5.74) is 0. The van der Waals surface area contributed by atoms with Crippen LogP contribution in [0.3, 0.4) is 0 Å². The smallest absolute Gasteiger partial charge is 0.109 e.